The molecule has 14 heavy (non-hydrogen) atoms. The zero-order valence-corrected chi connectivity index (χ0v) is 7.64. The van der Waals surface area contributed by atoms with E-state index in [4.69, 9.17) is 4.74 Å². The molecule has 1 heterocycles. The normalized spacial score (nSPS) is 10.4. The average molecular weight is 188 g/mol. The van der Waals surface area contributed by atoms with Crippen molar-refractivity contribution >= 4 is 10.9 Å². The van der Waals surface area contributed by atoms with Crippen molar-refractivity contribution in [3.8, 4) is 5.88 Å². The van der Waals surface area contributed by atoms with Gasteiger partial charge in [-0.1, -0.05) is 12.1 Å². The van der Waals surface area contributed by atoms with Gasteiger partial charge < -0.3 is 9.94 Å². The molecule has 0 saturated carbocycles. The molecule has 0 saturated heterocycles. The second kappa shape index (κ2) is 3.54. The first kappa shape index (κ1) is 8.81. The predicted octanol–water partition coefficient (Wildman–Crippen LogP) is 1.69. The summed E-state index contributed by atoms with van der Waals surface area (Å²) in [5.74, 6) is 0.290. The summed E-state index contributed by atoms with van der Waals surface area (Å²) in [6.45, 7) is 3.78. The van der Waals surface area contributed by atoms with E-state index in [-0.39, 0.29) is 6.61 Å². The van der Waals surface area contributed by atoms with E-state index in [9.17, 15) is 5.21 Å². The Morgan fingerprint density at radius 2 is 2.00 bits per heavy atom. The maximum atomic E-state index is 11.7. The lowest BCUT2D eigenvalue weighted by Crippen LogP contribution is -2.29. The molecular formula is C11H10NO2. The van der Waals surface area contributed by atoms with E-state index in [0.717, 1.165) is 10.1 Å². The van der Waals surface area contributed by atoms with Gasteiger partial charge in [0.15, 0.2) is 0 Å². The number of ether oxygens (including phenoxy) is 1. The highest BCUT2D eigenvalue weighted by atomic mass is 16.5. The van der Waals surface area contributed by atoms with Crippen LogP contribution in [0.4, 0.5) is 0 Å². The Hall–Kier alpha value is -1.77. The molecule has 1 radical (unpaired) electrons. The summed E-state index contributed by atoms with van der Waals surface area (Å²) in [5.41, 5.74) is 0.610. The van der Waals surface area contributed by atoms with Crippen molar-refractivity contribution in [1.82, 2.24) is 0 Å². The van der Waals surface area contributed by atoms with Crippen LogP contribution in [0.1, 0.15) is 0 Å². The number of hydrogen-bond acceptors (Lipinski definition) is 2. The SMILES string of the molecule is [CH2]COc1ccc2ccccc2[n+]1[O-]. The smallest absolute Gasteiger partial charge is 0.379 e. The van der Waals surface area contributed by atoms with Gasteiger partial charge in [-0.2, -0.15) is 0 Å². The van der Waals surface area contributed by atoms with E-state index in [2.05, 4.69) is 6.92 Å². The van der Waals surface area contributed by atoms with Crippen LogP contribution in [0, 0.1) is 12.1 Å². The molecule has 3 heteroatoms. The minimum atomic E-state index is 0.251. The van der Waals surface area contributed by atoms with Crippen LogP contribution in [0.2, 0.25) is 0 Å². The molecule has 0 unspecified atom stereocenters. The first-order chi connectivity index (χ1) is 6.83. The van der Waals surface area contributed by atoms with Crippen LogP contribution >= 0.6 is 0 Å². The van der Waals surface area contributed by atoms with E-state index in [1.807, 2.05) is 24.3 Å². The monoisotopic (exact) mass is 188 g/mol. The van der Waals surface area contributed by atoms with E-state index in [1.54, 1.807) is 12.1 Å². The lowest BCUT2D eigenvalue weighted by Gasteiger charge is -2.06. The van der Waals surface area contributed by atoms with Crippen molar-refractivity contribution < 1.29 is 9.47 Å². The van der Waals surface area contributed by atoms with Gasteiger partial charge in [0.1, 0.15) is 0 Å². The van der Waals surface area contributed by atoms with Gasteiger partial charge in [0.25, 0.3) is 0 Å². The minimum absolute atomic E-state index is 0.251. The average Bonchev–Trinajstić information content (AvgIpc) is 2.23. The molecule has 2 rings (SSSR count). The molecule has 0 aliphatic rings. The highest BCUT2D eigenvalue weighted by Crippen LogP contribution is 2.13. The molecule has 0 atom stereocenters. The predicted molar refractivity (Wildman–Crippen MR) is 53.8 cm³/mol. The van der Waals surface area contributed by atoms with E-state index >= 15 is 0 Å². The van der Waals surface area contributed by atoms with Crippen molar-refractivity contribution in [2.45, 2.75) is 0 Å². The molecule has 1 aromatic carbocycles. The molecular weight excluding hydrogens is 178 g/mol. The molecule has 3 nitrogen and oxygen atoms in total. The van der Waals surface area contributed by atoms with E-state index in [1.165, 1.54) is 0 Å². The Morgan fingerprint density at radius 3 is 2.79 bits per heavy atom. The molecule has 2 aromatic rings. The Bertz CT molecular complexity index is 454. The van der Waals surface area contributed by atoms with Gasteiger partial charge in [0.2, 0.25) is 5.52 Å². The van der Waals surface area contributed by atoms with Crippen LogP contribution in [0.25, 0.3) is 10.9 Å². The molecule has 71 valence electrons. The van der Waals surface area contributed by atoms with Crippen LogP contribution in [-0.2, 0) is 0 Å². The summed E-state index contributed by atoms with van der Waals surface area (Å²) in [4.78, 5) is 0. The van der Waals surface area contributed by atoms with Crippen LogP contribution in [0.5, 0.6) is 5.88 Å². The highest BCUT2D eigenvalue weighted by molar-refractivity contribution is 5.75. The Labute approximate surface area is 82.1 Å². The fourth-order valence-corrected chi connectivity index (χ4v) is 1.37. The molecule has 1 aromatic heterocycles. The van der Waals surface area contributed by atoms with Crippen molar-refractivity contribution in [1.29, 1.82) is 0 Å². The molecule has 0 N–H and O–H groups in total. The molecule has 0 bridgehead atoms. The molecule has 0 spiro atoms. The number of benzene rings is 1. The lowest BCUT2D eigenvalue weighted by atomic mass is 10.2. The Kier molecular flexibility index (Phi) is 2.23. The highest BCUT2D eigenvalue weighted by Gasteiger charge is 2.09. The van der Waals surface area contributed by atoms with Crippen LogP contribution < -0.4 is 9.47 Å². The number of pyridine rings is 1. The molecule has 0 amide bonds. The van der Waals surface area contributed by atoms with Gasteiger partial charge in [0, 0.05) is 11.5 Å². The number of fused-ring (bicyclic) bond motifs is 1. The second-order valence-electron chi connectivity index (χ2n) is 2.87. The van der Waals surface area contributed by atoms with Crippen molar-refractivity contribution in [3.05, 3.63) is 48.5 Å². The largest absolute Gasteiger partial charge is 0.616 e. The van der Waals surface area contributed by atoms with Gasteiger partial charge in [-0.3, -0.25) is 0 Å². The zero-order chi connectivity index (χ0) is 9.97. The Morgan fingerprint density at radius 1 is 1.21 bits per heavy atom. The summed E-state index contributed by atoms with van der Waals surface area (Å²) in [5, 5.41) is 12.6. The fraction of sp³-hybridized carbons (Fsp3) is 0.0909. The van der Waals surface area contributed by atoms with Gasteiger partial charge in [-0.05, 0) is 19.1 Å². The quantitative estimate of drug-likeness (QED) is 0.531. The third kappa shape index (κ3) is 1.37. The topological polar surface area (TPSA) is 36.2 Å². The lowest BCUT2D eigenvalue weighted by molar-refractivity contribution is -0.585. The Balaban J connectivity index is 2.63. The van der Waals surface area contributed by atoms with Crippen LogP contribution in [0.3, 0.4) is 0 Å². The third-order valence-electron chi connectivity index (χ3n) is 2.01. The molecule has 0 aliphatic heterocycles. The molecule has 0 aliphatic carbocycles. The van der Waals surface area contributed by atoms with Crippen LogP contribution in [-0.4, -0.2) is 6.61 Å². The zero-order valence-electron chi connectivity index (χ0n) is 7.64. The summed E-state index contributed by atoms with van der Waals surface area (Å²) in [7, 11) is 0. The van der Waals surface area contributed by atoms with Gasteiger partial charge in [-0.25, -0.2) is 0 Å². The van der Waals surface area contributed by atoms with Gasteiger partial charge in [0.05, 0.1) is 12.7 Å². The van der Waals surface area contributed by atoms with Crippen LogP contribution in [0.15, 0.2) is 36.4 Å². The van der Waals surface area contributed by atoms with Crippen molar-refractivity contribution in [2.75, 3.05) is 6.61 Å². The third-order valence-corrected chi connectivity index (χ3v) is 2.01. The number of rotatable bonds is 2. The number of aromatic nitrogens is 1. The van der Waals surface area contributed by atoms with Gasteiger partial charge in [-0.15, -0.1) is 4.73 Å². The van der Waals surface area contributed by atoms with E-state index < -0.39 is 0 Å². The van der Waals surface area contributed by atoms with E-state index in [0.29, 0.717) is 11.4 Å². The second-order valence-corrected chi connectivity index (χ2v) is 2.87. The standard InChI is InChI=1S/C11H10NO2/c1-2-14-11-8-7-9-5-3-4-6-10(9)12(11)13/h3-8H,1-2H2. The van der Waals surface area contributed by atoms with Crippen molar-refractivity contribution in [3.63, 3.8) is 0 Å². The summed E-state index contributed by atoms with van der Waals surface area (Å²) < 4.78 is 5.86. The van der Waals surface area contributed by atoms with Crippen molar-refractivity contribution in [2.24, 2.45) is 0 Å². The number of para-hydroxylation sites is 1. The fourth-order valence-electron chi connectivity index (χ4n) is 1.37. The maximum absolute atomic E-state index is 11.7. The first-order valence-corrected chi connectivity index (χ1v) is 4.36. The maximum Gasteiger partial charge on any atom is 0.379 e. The van der Waals surface area contributed by atoms with Gasteiger partial charge >= 0.3 is 5.88 Å². The summed E-state index contributed by atoms with van der Waals surface area (Å²) in [6.07, 6.45) is 0. The number of nitrogens with zero attached hydrogens (tertiary/aromatic N) is 1. The minimum Gasteiger partial charge on any atom is -0.616 e. The first-order valence-electron chi connectivity index (χ1n) is 4.36. The number of hydrogen-bond donors (Lipinski definition) is 0. The summed E-state index contributed by atoms with van der Waals surface area (Å²) in [6, 6.07) is 10.9. The summed E-state index contributed by atoms with van der Waals surface area (Å²) >= 11 is 0. The molecule has 0 fully saturated rings.